The molecule has 1 N–H and O–H groups in total. The van der Waals surface area contributed by atoms with E-state index in [9.17, 15) is 19.1 Å². The first-order chi connectivity index (χ1) is 17.4. The highest BCUT2D eigenvalue weighted by Gasteiger charge is 2.29. The smallest absolute Gasteiger partial charge is 0.344 e. The van der Waals surface area contributed by atoms with E-state index in [0.29, 0.717) is 39.3 Å². The van der Waals surface area contributed by atoms with Crippen molar-refractivity contribution in [3.63, 3.8) is 0 Å². The number of ether oxygens (including phenoxy) is 4. The molecular weight excluding hydrogens is 479 g/mol. The van der Waals surface area contributed by atoms with Gasteiger partial charge in [-0.1, -0.05) is 12.1 Å². The molecule has 0 aliphatic heterocycles. The highest BCUT2D eigenvalue weighted by Crippen LogP contribution is 2.44. The SMILES string of the molecule is COc1c(C)c(OCc2ccc(F)cc2)c(C)c(C)c1OC(=O)c1c(C)c(C)c(C(=O)O)c(OC)c1C. The number of benzene rings is 3. The Morgan fingerprint density at radius 1 is 0.703 bits per heavy atom. The molecule has 0 saturated heterocycles. The van der Waals surface area contributed by atoms with Gasteiger partial charge >= 0.3 is 11.9 Å². The fourth-order valence-electron chi connectivity index (χ4n) is 4.48. The minimum atomic E-state index is -1.14. The maximum Gasteiger partial charge on any atom is 0.344 e. The predicted octanol–water partition coefficient (Wildman–Crippen LogP) is 6.19. The van der Waals surface area contributed by atoms with Crippen molar-refractivity contribution in [1.82, 2.24) is 0 Å². The summed E-state index contributed by atoms with van der Waals surface area (Å²) in [6, 6.07) is 6.04. The molecule has 0 bridgehead atoms. The van der Waals surface area contributed by atoms with Gasteiger partial charge in [0.1, 0.15) is 29.5 Å². The number of rotatable bonds is 8. The molecule has 3 aromatic carbocycles. The van der Waals surface area contributed by atoms with E-state index in [1.807, 2.05) is 6.92 Å². The summed E-state index contributed by atoms with van der Waals surface area (Å²) in [6.07, 6.45) is 0. The third-order valence-electron chi connectivity index (χ3n) is 6.70. The topological polar surface area (TPSA) is 91.3 Å². The summed E-state index contributed by atoms with van der Waals surface area (Å²) in [7, 11) is 2.84. The number of carboxylic acids is 1. The number of hydrogen-bond donors (Lipinski definition) is 1. The van der Waals surface area contributed by atoms with Crippen LogP contribution in [0.2, 0.25) is 0 Å². The monoisotopic (exact) mass is 510 g/mol. The number of hydrogen-bond acceptors (Lipinski definition) is 6. The lowest BCUT2D eigenvalue weighted by Gasteiger charge is -2.22. The van der Waals surface area contributed by atoms with Crippen molar-refractivity contribution in [1.29, 1.82) is 0 Å². The molecule has 0 fully saturated rings. The molecule has 8 heteroatoms. The maximum absolute atomic E-state index is 13.5. The van der Waals surface area contributed by atoms with Crippen molar-refractivity contribution in [3.8, 4) is 23.0 Å². The Morgan fingerprint density at radius 3 is 1.78 bits per heavy atom. The molecule has 0 radical (unpaired) electrons. The second kappa shape index (κ2) is 10.9. The fourth-order valence-corrected chi connectivity index (χ4v) is 4.48. The Morgan fingerprint density at radius 2 is 1.24 bits per heavy atom. The van der Waals surface area contributed by atoms with Gasteiger partial charge in [-0.15, -0.1) is 0 Å². The number of carboxylic acid groups (broad SMARTS) is 1. The van der Waals surface area contributed by atoms with E-state index in [0.717, 1.165) is 11.1 Å². The number of aromatic carboxylic acids is 1. The van der Waals surface area contributed by atoms with Crippen LogP contribution in [0.25, 0.3) is 0 Å². The molecule has 3 aromatic rings. The van der Waals surface area contributed by atoms with E-state index in [1.165, 1.54) is 26.4 Å². The van der Waals surface area contributed by atoms with Gasteiger partial charge in [0.25, 0.3) is 0 Å². The second-order valence-electron chi connectivity index (χ2n) is 8.83. The highest BCUT2D eigenvalue weighted by atomic mass is 19.1. The summed E-state index contributed by atoms with van der Waals surface area (Å²) in [5.74, 6) is -0.844. The zero-order valence-corrected chi connectivity index (χ0v) is 22.3. The van der Waals surface area contributed by atoms with Gasteiger partial charge in [0.2, 0.25) is 0 Å². The van der Waals surface area contributed by atoms with Crippen LogP contribution in [0.4, 0.5) is 4.39 Å². The van der Waals surface area contributed by atoms with Gasteiger partial charge in [0.15, 0.2) is 11.5 Å². The lowest BCUT2D eigenvalue weighted by atomic mass is 9.92. The second-order valence-corrected chi connectivity index (χ2v) is 8.83. The average molecular weight is 511 g/mol. The lowest BCUT2D eigenvalue weighted by molar-refractivity contribution is 0.0685. The van der Waals surface area contributed by atoms with Crippen LogP contribution in [0.5, 0.6) is 23.0 Å². The summed E-state index contributed by atoms with van der Waals surface area (Å²) in [6.45, 7) is 10.6. The quantitative estimate of drug-likeness (QED) is 0.285. The summed E-state index contributed by atoms with van der Waals surface area (Å²) in [5.41, 5.74) is 4.36. The summed E-state index contributed by atoms with van der Waals surface area (Å²) >= 11 is 0. The van der Waals surface area contributed by atoms with Crippen molar-refractivity contribution in [2.24, 2.45) is 0 Å². The molecule has 0 aromatic heterocycles. The maximum atomic E-state index is 13.5. The molecule has 7 nitrogen and oxygen atoms in total. The van der Waals surface area contributed by atoms with Gasteiger partial charge in [0, 0.05) is 16.7 Å². The molecule has 0 aliphatic carbocycles. The largest absolute Gasteiger partial charge is 0.496 e. The molecule has 0 saturated carbocycles. The summed E-state index contributed by atoms with van der Waals surface area (Å²) in [5, 5.41) is 9.67. The van der Waals surface area contributed by atoms with E-state index < -0.39 is 11.9 Å². The molecule has 0 aliphatic rings. The van der Waals surface area contributed by atoms with Gasteiger partial charge in [-0.2, -0.15) is 0 Å². The standard InChI is InChI=1S/C29H31FO7/c1-14-15(2)23(28(31)32)25(34-7)18(5)22(14)29(33)37-27-17(4)16(3)24(19(6)26(27)35-8)36-13-20-9-11-21(30)12-10-20/h9-12H,13H2,1-8H3,(H,31,32). The zero-order chi connectivity index (χ0) is 27.6. The molecule has 0 unspecified atom stereocenters. The number of esters is 1. The van der Waals surface area contributed by atoms with Crippen LogP contribution >= 0.6 is 0 Å². The molecule has 37 heavy (non-hydrogen) atoms. The normalized spacial score (nSPS) is 10.7. The van der Waals surface area contributed by atoms with Gasteiger partial charge < -0.3 is 24.1 Å². The van der Waals surface area contributed by atoms with Crippen LogP contribution in [0.15, 0.2) is 24.3 Å². The fraction of sp³-hybridized carbons (Fsp3) is 0.310. The van der Waals surface area contributed by atoms with Gasteiger partial charge in [-0.05, 0) is 75.9 Å². The first-order valence-corrected chi connectivity index (χ1v) is 11.6. The first-order valence-electron chi connectivity index (χ1n) is 11.6. The number of halogens is 1. The van der Waals surface area contributed by atoms with Crippen molar-refractivity contribution in [2.75, 3.05) is 14.2 Å². The van der Waals surface area contributed by atoms with Crippen molar-refractivity contribution >= 4 is 11.9 Å². The Bertz CT molecular complexity index is 1370. The lowest BCUT2D eigenvalue weighted by Crippen LogP contribution is -2.18. The third kappa shape index (κ3) is 5.09. The predicted molar refractivity (Wildman–Crippen MR) is 137 cm³/mol. The Balaban J connectivity index is 2.04. The molecule has 3 rings (SSSR count). The summed E-state index contributed by atoms with van der Waals surface area (Å²) in [4.78, 5) is 25.3. The van der Waals surface area contributed by atoms with Gasteiger partial charge in [-0.25, -0.2) is 14.0 Å². The Kier molecular flexibility index (Phi) is 8.11. The Hall–Kier alpha value is -4.07. The number of carbonyl (C=O) groups excluding carboxylic acids is 1. The average Bonchev–Trinajstić information content (AvgIpc) is 2.85. The first kappa shape index (κ1) is 27.5. The third-order valence-corrected chi connectivity index (χ3v) is 6.70. The van der Waals surface area contributed by atoms with E-state index >= 15 is 0 Å². The highest BCUT2D eigenvalue weighted by molar-refractivity contribution is 6.01. The van der Waals surface area contributed by atoms with Crippen molar-refractivity contribution < 1.29 is 38.0 Å². The molecule has 0 heterocycles. The summed E-state index contributed by atoms with van der Waals surface area (Å²) < 4.78 is 36.2. The number of methoxy groups -OCH3 is 2. The van der Waals surface area contributed by atoms with Crippen molar-refractivity contribution in [2.45, 2.75) is 48.1 Å². The van der Waals surface area contributed by atoms with Gasteiger partial charge in [0.05, 0.1) is 19.8 Å². The van der Waals surface area contributed by atoms with Crippen molar-refractivity contribution in [3.05, 3.63) is 80.2 Å². The molecule has 0 amide bonds. The Labute approximate surface area is 215 Å². The van der Waals surface area contributed by atoms with Crippen LogP contribution in [0.3, 0.4) is 0 Å². The molecule has 0 spiro atoms. The van der Waals surface area contributed by atoms with E-state index in [4.69, 9.17) is 18.9 Å². The van der Waals surface area contributed by atoms with Crippen LogP contribution in [0.1, 0.15) is 59.7 Å². The van der Waals surface area contributed by atoms with Gasteiger partial charge in [-0.3, -0.25) is 0 Å². The van der Waals surface area contributed by atoms with Crippen LogP contribution in [-0.2, 0) is 6.61 Å². The molecular formula is C29H31FO7. The zero-order valence-electron chi connectivity index (χ0n) is 22.3. The minimum Gasteiger partial charge on any atom is -0.496 e. The van der Waals surface area contributed by atoms with E-state index in [-0.39, 0.29) is 35.1 Å². The molecule has 0 atom stereocenters. The van der Waals surface area contributed by atoms with Crippen LogP contribution in [0, 0.1) is 47.4 Å². The van der Waals surface area contributed by atoms with Crippen LogP contribution in [-0.4, -0.2) is 31.3 Å². The van der Waals surface area contributed by atoms with Crippen LogP contribution < -0.4 is 18.9 Å². The number of carbonyl (C=O) groups is 2. The minimum absolute atomic E-state index is 0.0113. The van der Waals surface area contributed by atoms with E-state index in [2.05, 4.69) is 0 Å². The van der Waals surface area contributed by atoms with E-state index in [1.54, 1.807) is 46.8 Å². The molecule has 196 valence electrons.